The number of piperidine rings is 1. The molecule has 0 saturated carbocycles. The van der Waals surface area contributed by atoms with E-state index in [1.165, 1.54) is 11.3 Å². The van der Waals surface area contributed by atoms with Gasteiger partial charge in [-0.15, -0.1) is 0 Å². The molecule has 35 heavy (non-hydrogen) atoms. The van der Waals surface area contributed by atoms with E-state index in [1.54, 1.807) is 16.9 Å². The lowest BCUT2D eigenvalue weighted by Gasteiger charge is -2.29. The number of carbonyl (C=O) groups excluding carboxylic acids is 2. The van der Waals surface area contributed by atoms with Crippen molar-refractivity contribution >= 4 is 28.4 Å². The standard InChI is InChI=1S/C27H35N5O3/c1-27(2)10-9-20-23(16-27)29-30-26(20)22-14-18-7-8-19(15-21(18)28-22)32(12-13-35-3)25(34)17-31-11-5-4-6-24(31)33/h7-8,14-15,28H,4-6,9-13,16-17H2,1-3H3,(H,29,30). The van der Waals surface area contributed by atoms with Crippen molar-refractivity contribution < 1.29 is 14.3 Å². The van der Waals surface area contributed by atoms with E-state index < -0.39 is 0 Å². The number of nitrogens with zero attached hydrogens (tertiary/aromatic N) is 3. The summed E-state index contributed by atoms with van der Waals surface area (Å²) in [5.41, 5.74) is 6.56. The summed E-state index contributed by atoms with van der Waals surface area (Å²) < 4.78 is 5.27. The van der Waals surface area contributed by atoms with E-state index in [9.17, 15) is 9.59 Å². The maximum atomic E-state index is 13.3. The largest absolute Gasteiger partial charge is 0.383 e. The SMILES string of the molecule is COCCN(C(=O)CN1CCCCC1=O)c1ccc2cc(-c3n[nH]c4c3CCC(C)(C)C4)[nH]c2c1. The smallest absolute Gasteiger partial charge is 0.246 e. The van der Waals surface area contributed by atoms with Gasteiger partial charge in [0, 0.05) is 54.5 Å². The molecule has 1 aromatic carbocycles. The van der Waals surface area contributed by atoms with Gasteiger partial charge in [0.15, 0.2) is 0 Å². The van der Waals surface area contributed by atoms with Crippen molar-refractivity contribution in [2.45, 2.75) is 52.4 Å². The van der Waals surface area contributed by atoms with Crippen LogP contribution in [0.15, 0.2) is 24.3 Å². The lowest BCUT2D eigenvalue weighted by molar-refractivity contribution is -0.137. The minimum Gasteiger partial charge on any atom is -0.383 e. The van der Waals surface area contributed by atoms with Crippen molar-refractivity contribution in [3.63, 3.8) is 0 Å². The summed E-state index contributed by atoms with van der Waals surface area (Å²) in [4.78, 5) is 32.4. The molecule has 0 bridgehead atoms. The van der Waals surface area contributed by atoms with E-state index in [2.05, 4.69) is 35.1 Å². The molecule has 8 heteroatoms. The number of methoxy groups -OCH3 is 1. The average Bonchev–Trinajstić information content (AvgIpc) is 3.43. The molecule has 2 aliphatic rings. The molecule has 1 aliphatic carbocycles. The number of fused-ring (bicyclic) bond motifs is 2. The Morgan fingerprint density at radius 1 is 1.23 bits per heavy atom. The zero-order chi connectivity index (χ0) is 24.6. The second kappa shape index (κ2) is 9.49. The molecule has 1 aliphatic heterocycles. The number of anilines is 1. The third kappa shape index (κ3) is 4.85. The Balaban J connectivity index is 1.41. The molecule has 0 spiro atoms. The number of ether oxygens (including phenoxy) is 1. The van der Waals surface area contributed by atoms with Crippen LogP contribution in [-0.2, 0) is 27.2 Å². The monoisotopic (exact) mass is 477 g/mol. The van der Waals surface area contributed by atoms with Crippen LogP contribution >= 0.6 is 0 Å². The van der Waals surface area contributed by atoms with Gasteiger partial charge in [0.25, 0.3) is 0 Å². The molecule has 2 N–H and O–H groups in total. The summed E-state index contributed by atoms with van der Waals surface area (Å²) in [5, 5.41) is 8.99. The summed E-state index contributed by atoms with van der Waals surface area (Å²) >= 11 is 0. The maximum absolute atomic E-state index is 13.3. The lowest BCUT2D eigenvalue weighted by atomic mass is 9.76. The molecule has 0 unspecified atom stereocenters. The highest BCUT2D eigenvalue weighted by atomic mass is 16.5. The highest BCUT2D eigenvalue weighted by Gasteiger charge is 2.29. The van der Waals surface area contributed by atoms with Crippen molar-refractivity contribution in [1.82, 2.24) is 20.1 Å². The number of nitrogens with one attached hydrogen (secondary N) is 2. The zero-order valence-corrected chi connectivity index (χ0v) is 20.9. The molecule has 186 valence electrons. The molecule has 2 aromatic heterocycles. The van der Waals surface area contributed by atoms with E-state index in [1.807, 2.05) is 18.2 Å². The minimum atomic E-state index is -0.0904. The highest BCUT2D eigenvalue weighted by Crippen LogP contribution is 2.38. The number of hydrogen-bond acceptors (Lipinski definition) is 4. The van der Waals surface area contributed by atoms with Gasteiger partial charge >= 0.3 is 0 Å². The number of rotatable bonds is 7. The van der Waals surface area contributed by atoms with E-state index in [0.29, 0.717) is 31.5 Å². The fraction of sp³-hybridized carbons (Fsp3) is 0.519. The van der Waals surface area contributed by atoms with Crippen LogP contribution in [0.1, 0.15) is 50.8 Å². The second-order valence-electron chi connectivity index (χ2n) is 10.6. The van der Waals surface area contributed by atoms with Gasteiger partial charge in [-0.25, -0.2) is 0 Å². The minimum absolute atomic E-state index is 0.0616. The summed E-state index contributed by atoms with van der Waals surface area (Å²) in [6.07, 6.45) is 5.55. The molecular formula is C27H35N5O3. The number of aromatic amines is 2. The van der Waals surface area contributed by atoms with Crippen molar-refractivity contribution in [2.75, 3.05) is 38.3 Å². The van der Waals surface area contributed by atoms with Crippen LogP contribution in [-0.4, -0.2) is 65.2 Å². The van der Waals surface area contributed by atoms with Crippen molar-refractivity contribution in [3.05, 3.63) is 35.5 Å². The Morgan fingerprint density at radius 2 is 2.09 bits per heavy atom. The number of amides is 2. The topological polar surface area (TPSA) is 94.3 Å². The zero-order valence-electron chi connectivity index (χ0n) is 20.9. The van der Waals surface area contributed by atoms with Gasteiger partial charge in [-0.05, 0) is 55.7 Å². The molecule has 5 rings (SSSR count). The van der Waals surface area contributed by atoms with Gasteiger partial charge in [0.05, 0.1) is 12.3 Å². The Morgan fingerprint density at radius 3 is 2.89 bits per heavy atom. The maximum Gasteiger partial charge on any atom is 0.246 e. The Labute approximate surface area is 206 Å². The summed E-state index contributed by atoms with van der Waals surface area (Å²) in [6, 6.07) is 8.13. The molecular weight excluding hydrogens is 442 g/mol. The number of aromatic nitrogens is 3. The molecule has 8 nitrogen and oxygen atoms in total. The lowest BCUT2D eigenvalue weighted by Crippen LogP contribution is -2.45. The molecule has 3 aromatic rings. The quantitative estimate of drug-likeness (QED) is 0.536. The van der Waals surface area contributed by atoms with Crippen molar-refractivity contribution in [1.29, 1.82) is 0 Å². The Kier molecular flexibility index (Phi) is 6.40. The number of hydrogen-bond donors (Lipinski definition) is 2. The van der Waals surface area contributed by atoms with Gasteiger partial charge < -0.3 is 19.5 Å². The van der Waals surface area contributed by atoms with Crippen LogP contribution in [0.2, 0.25) is 0 Å². The van der Waals surface area contributed by atoms with Crippen molar-refractivity contribution in [3.8, 4) is 11.4 Å². The summed E-state index contributed by atoms with van der Waals surface area (Å²) in [5.74, 6) is -0.0288. The average molecular weight is 478 g/mol. The van der Waals surface area contributed by atoms with Crippen LogP contribution in [0.5, 0.6) is 0 Å². The summed E-state index contributed by atoms with van der Waals surface area (Å²) in [7, 11) is 1.63. The third-order valence-electron chi connectivity index (χ3n) is 7.40. The predicted octanol–water partition coefficient (Wildman–Crippen LogP) is 4.06. The molecule has 2 amide bonds. The van der Waals surface area contributed by atoms with E-state index in [-0.39, 0.29) is 18.4 Å². The highest BCUT2D eigenvalue weighted by molar-refractivity contribution is 5.99. The summed E-state index contributed by atoms with van der Waals surface area (Å²) in [6.45, 7) is 6.21. The van der Waals surface area contributed by atoms with Gasteiger partial charge in [-0.1, -0.05) is 19.9 Å². The molecule has 0 atom stereocenters. The van der Waals surface area contributed by atoms with Gasteiger partial charge in [-0.2, -0.15) is 5.10 Å². The fourth-order valence-electron chi connectivity index (χ4n) is 5.34. The number of likely N-dealkylation sites (tertiary alicyclic amines) is 1. The van der Waals surface area contributed by atoms with E-state index in [4.69, 9.17) is 4.74 Å². The van der Waals surface area contributed by atoms with Gasteiger partial charge in [-0.3, -0.25) is 14.7 Å². The van der Waals surface area contributed by atoms with Crippen LogP contribution in [0.25, 0.3) is 22.3 Å². The van der Waals surface area contributed by atoms with Gasteiger partial charge in [0.1, 0.15) is 12.2 Å². The van der Waals surface area contributed by atoms with Crippen molar-refractivity contribution in [2.24, 2.45) is 5.41 Å². The number of H-pyrrole nitrogens is 2. The van der Waals surface area contributed by atoms with Gasteiger partial charge in [0.2, 0.25) is 11.8 Å². The van der Waals surface area contributed by atoms with E-state index >= 15 is 0 Å². The fourth-order valence-corrected chi connectivity index (χ4v) is 5.34. The third-order valence-corrected chi connectivity index (χ3v) is 7.40. The van der Waals surface area contributed by atoms with Crippen LogP contribution in [0, 0.1) is 5.41 Å². The second-order valence-corrected chi connectivity index (χ2v) is 10.6. The predicted molar refractivity (Wildman–Crippen MR) is 136 cm³/mol. The first-order valence-corrected chi connectivity index (χ1v) is 12.6. The molecule has 0 radical (unpaired) electrons. The molecule has 1 saturated heterocycles. The van der Waals surface area contributed by atoms with E-state index in [0.717, 1.165) is 60.1 Å². The number of benzene rings is 1. The molecule has 3 heterocycles. The number of carbonyl (C=O) groups is 2. The first kappa shape index (κ1) is 23.6. The van der Waals surface area contributed by atoms with Crippen LogP contribution in [0.4, 0.5) is 5.69 Å². The normalized spacial score (nSPS) is 17.6. The first-order chi connectivity index (χ1) is 16.8. The molecule has 1 fully saturated rings. The Bertz CT molecular complexity index is 1240. The van der Waals surface area contributed by atoms with Crippen LogP contribution < -0.4 is 4.90 Å². The Hall–Kier alpha value is -3.13. The first-order valence-electron chi connectivity index (χ1n) is 12.6. The van der Waals surface area contributed by atoms with Crippen LogP contribution in [0.3, 0.4) is 0 Å².